The number of nitrogens with zero attached hydrogens (tertiary/aromatic N) is 1. The van der Waals surface area contributed by atoms with Crippen LogP contribution >= 0.6 is 0 Å². The SMILES string of the molecule is CCCCC/C=C/CCCCCC/C=C/C=C/C(=O)N1CCCCC1. The fraction of sp³-hybridized carbons (Fsp3) is 0.696. The third-order valence-electron chi connectivity index (χ3n) is 4.79. The molecule has 0 radical (unpaired) electrons. The summed E-state index contributed by atoms with van der Waals surface area (Å²) in [5.74, 6) is 0.173. The van der Waals surface area contributed by atoms with Crippen LogP contribution in [0.3, 0.4) is 0 Å². The third kappa shape index (κ3) is 12.7. The van der Waals surface area contributed by atoms with Crippen molar-refractivity contribution < 1.29 is 4.79 Å². The van der Waals surface area contributed by atoms with E-state index in [2.05, 4.69) is 25.2 Å². The lowest BCUT2D eigenvalue weighted by Crippen LogP contribution is -2.34. The van der Waals surface area contributed by atoms with Crippen LogP contribution in [0.1, 0.15) is 90.4 Å². The van der Waals surface area contributed by atoms with E-state index in [1.165, 1.54) is 64.2 Å². The van der Waals surface area contributed by atoms with Crippen molar-refractivity contribution in [3.63, 3.8) is 0 Å². The van der Waals surface area contributed by atoms with Crippen molar-refractivity contribution in [2.75, 3.05) is 13.1 Å². The standard InChI is InChI=1S/C23H39NO/c1-2-3-4-5-6-7-8-9-10-11-12-13-14-15-17-20-23(25)24-21-18-16-19-22-24/h6-7,14-15,17,20H,2-5,8-13,16,18-19,21-22H2,1H3/b7-6+,15-14+,20-17+. The smallest absolute Gasteiger partial charge is 0.246 e. The van der Waals surface area contributed by atoms with Gasteiger partial charge in [0.1, 0.15) is 0 Å². The number of unbranched alkanes of at least 4 members (excludes halogenated alkanes) is 8. The maximum atomic E-state index is 11.9. The monoisotopic (exact) mass is 345 g/mol. The molecule has 25 heavy (non-hydrogen) atoms. The number of carbonyl (C=O) groups excluding carboxylic acids is 1. The van der Waals surface area contributed by atoms with E-state index in [-0.39, 0.29) is 5.91 Å². The Hall–Kier alpha value is -1.31. The second kappa shape index (κ2) is 16.2. The summed E-state index contributed by atoms with van der Waals surface area (Å²) >= 11 is 0. The number of allylic oxidation sites excluding steroid dienone is 5. The summed E-state index contributed by atoms with van der Waals surface area (Å²) in [6.07, 6.45) is 29.0. The Morgan fingerprint density at radius 2 is 1.36 bits per heavy atom. The molecule has 1 fully saturated rings. The number of rotatable bonds is 13. The normalized spacial score (nSPS) is 15.8. The number of hydrogen-bond donors (Lipinski definition) is 0. The average Bonchev–Trinajstić information content (AvgIpc) is 2.65. The number of amides is 1. The summed E-state index contributed by atoms with van der Waals surface area (Å²) in [4.78, 5) is 13.9. The molecule has 142 valence electrons. The summed E-state index contributed by atoms with van der Waals surface area (Å²) in [7, 11) is 0. The van der Waals surface area contributed by atoms with Crippen LogP contribution in [0.25, 0.3) is 0 Å². The van der Waals surface area contributed by atoms with Gasteiger partial charge in [-0.3, -0.25) is 4.79 Å². The van der Waals surface area contributed by atoms with Crippen molar-refractivity contribution in [1.29, 1.82) is 0 Å². The molecule has 0 aromatic heterocycles. The number of hydrogen-bond acceptors (Lipinski definition) is 1. The Bertz CT molecular complexity index is 402. The number of likely N-dealkylation sites (tertiary alicyclic amines) is 1. The lowest BCUT2D eigenvalue weighted by atomic mass is 10.1. The van der Waals surface area contributed by atoms with Gasteiger partial charge in [-0.05, 0) is 57.8 Å². The Kier molecular flexibility index (Phi) is 14.1. The summed E-state index contributed by atoms with van der Waals surface area (Å²) in [5, 5.41) is 0. The van der Waals surface area contributed by atoms with Crippen molar-refractivity contribution in [3.05, 3.63) is 36.5 Å². The predicted molar refractivity (Wildman–Crippen MR) is 110 cm³/mol. The third-order valence-corrected chi connectivity index (χ3v) is 4.79. The number of piperidine rings is 1. The molecule has 0 spiro atoms. The fourth-order valence-corrected chi connectivity index (χ4v) is 3.16. The molecule has 0 atom stereocenters. The second-order valence-corrected chi connectivity index (χ2v) is 7.13. The predicted octanol–water partition coefficient (Wildman–Crippen LogP) is 6.59. The van der Waals surface area contributed by atoms with Crippen LogP contribution in [-0.4, -0.2) is 23.9 Å². The molecule has 0 unspecified atom stereocenters. The van der Waals surface area contributed by atoms with E-state index >= 15 is 0 Å². The molecule has 0 N–H and O–H groups in total. The van der Waals surface area contributed by atoms with Gasteiger partial charge in [0.15, 0.2) is 0 Å². The maximum Gasteiger partial charge on any atom is 0.246 e. The van der Waals surface area contributed by atoms with Gasteiger partial charge in [0.05, 0.1) is 0 Å². The van der Waals surface area contributed by atoms with Gasteiger partial charge in [-0.15, -0.1) is 0 Å². The molecule has 0 aliphatic carbocycles. The first-order valence-corrected chi connectivity index (χ1v) is 10.6. The first-order valence-electron chi connectivity index (χ1n) is 10.6. The van der Waals surface area contributed by atoms with Crippen LogP contribution in [0.2, 0.25) is 0 Å². The molecule has 1 heterocycles. The second-order valence-electron chi connectivity index (χ2n) is 7.13. The van der Waals surface area contributed by atoms with Crippen molar-refractivity contribution in [1.82, 2.24) is 4.90 Å². The zero-order valence-corrected chi connectivity index (χ0v) is 16.4. The van der Waals surface area contributed by atoms with Crippen LogP contribution in [-0.2, 0) is 4.79 Å². The molecule has 0 bridgehead atoms. The topological polar surface area (TPSA) is 20.3 Å². The Morgan fingerprint density at radius 3 is 2.00 bits per heavy atom. The Labute approximate surface area is 156 Å². The van der Waals surface area contributed by atoms with Gasteiger partial charge in [0.25, 0.3) is 0 Å². The van der Waals surface area contributed by atoms with Crippen molar-refractivity contribution in [2.45, 2.75) is 90.4 Å². The largest absolute Gasteiger partial charge is 0.339 e. The van der Waals surface area contributed by atoms with Gasteiger partial charge in [-0.2, -0.15) is 0 Å². The molecule has 0 saturated carbocycles. The highest BCUT2D eigenvalue weighted by atomic mass is 16.2. The summed E-state index contributed by atoms with van der Waals surface area (Å²) in [6, 6.07) is 0. The van der Waals surface area contributed by atoms with E-state index in [1.807, 2.05) is 17.1 Å². The Morgan fingerprint density at radius 1 is 0.760 bits per heavy atom. The molecule has 1 amide bonds. The zero-order valence-electron chi connectivity index (χ0n) is 16.4. The first kappa shape index (κ1) is 21.7. The van der Waals surface area contributed by atoms with Crippen LogP contribution in [0, 0.1) is 0 Å². The molecule has 1 saturated heterocycles. The molecular formula is C23H39NO. The molecule has 0 aromatic carbocycles. The highest BCUT2D eigenvalue weighted by molar-refractivity contribution is 5.87. The van der Waals surface area contributed by atoms with E-state index in [4.69, 9.17) is 0 Å². The molecule has 1 rings (SSSR count). The first-order chi connectivity index (χ1) is 12.3. The maximum absolute atomic E-state index is 11.9. The van der Waals surface area contributed by atoms with E-state index in [0.29, 0.717) is 0 Å². The molecule has 2 nitrogen and oxygen atoms in total. The van der Waals surface area contributed by atoms with Crippen LogP contribution in [0.5, 0.6) is 0 Å². The quantitative estimate of drug-likeness (QED) is 0.160. The van der Waals surface area contributed by atoms with Crippen LogP contribution < -0.4 is 0 Å². The lowest BCUT2D eigenvalue weighted by Gasteiger charge is -2.25. The van der Waals surface area contributed by atoms with Gasteiger partial charge >= 0.3 is 0 Å². The van der Waals surface area contributed by atoms with Crippen LogP contribution in [0.4, 0.5) is 0 Å². The Balaban J connectivity index is 1.91. The van der Waals surface area contributed by atoms with Crippen molar-refractivity contribution >= 4 is 5.91 Å². The summed E-state index contributed by atoms with van der Waals surface area (Å²) < 4.78 is 0. The lowest BCUT2D eigenvalue weighted by molar-refractivity contribution is -0.126. The minimum Gasteiger partial charge on any atom is -0.339 e. The van der Waals surface area contributed by atoms with Gasteiger partial charge < -0.3 is 4.90 Å². The number of carbonyl (C=O) groups is 1. The van der Waals surface area contributed by atoms with Gasteiger partial charge in [0, 0.05) is 19.2 Å². The summed E-state index contributed by atoms with van der Waals surface area (Å²) in [5.41, 5.74) is 0. The van der Waals surface area contributed by atoms with E-state index in [1.54, 1.807) is 6.08 Å². The average molecular weight is 346 g/mol. The summed E-state index contributed by atoms with van der Waals surface area (Å²) in [6.45, 7) is 4.12. The highest BCUT2D eigenvalue weighted by Gasteiger charge is 2.12. The van der Waals surface area contributed by atoms with Crippen molar-refractivity contribution in [2.24, 2.45) is 0 Å². The molecule has 0 aromatic rings. The minimum absolute atomic E-state index is 0.173. The highest BCUT2D eigenvalue weighted by Crippen LogP contribution is 2.09. The van der Waals surface area contributed by atoms with E-state index in [9.17, 15) is 4.79 Å². The fourth-order valence-electron chi connectivity index (χ4n) is 3.16. The van der Waals surface area contributed by atoms with Gasteiger partial charge in [0.2, 0.25) is 5.91 Å². The van der Waals surface area contributed by atoms with Gasteiger partial charge in [-0.25, -0.2) is 0 Å². The molecule has 1 aliphatic rings. The van der Waals surface area contributed by atoms with E-state index < -0.39 is 0 Å². The molecule has 2 heteroatoms. The zero-order chi connectivity index (χ0) is 18.0. The van der Waals surface area contributed by atoms with Crippen molar-refractivity contribution in [3.8, 4) is 0 Å². The molecule has 1 aliphatic heterocycles. The molecular weight excluding hydrogens is 306 g/mol. The minimum atomic E-state index is 0.173. The van der Waals surface area contributed by atoms with Gasteiger partial charge in [-0.1, -0.05) is 63.0 Å². The van der Waals surface area contributed by atoms with E-state index in [0.717, 1.165) is 32.4 Å². The van der Waals surface area contributed by atoms with Crippen LogP contribution in [0.15, 0.2) is 36.5 Å².